The molecule has 2 aromatic rings. The second kappa shape index (κ2) is 6.03. The summed E-state index contributed by atoms with van der Waals surface area (Å²) in [4.78, 5) is 4.23. The van der Waals surface area contributed by atoms with Crippen molar-refractivity contribution in [2.75, 3.05) is 0 Å². The summed E-state index contributed by atoms with van der Waals surface area (Å²) in [5.74, 6) is 1.68. The normalized spacial score (nSPS) is 11.9. The van der Waals surface area contributed by atoms with Crippen LogP contribution >= 0.6 is 10.7 Å². The average Bonchev–Trinajstić information content (AvgIpc) is 2.85. The molecule has 0 amide bonds. The van der Waals surface area contributed by atoms with E-state index in [2.05, 4.69) is 10.1 Å². The minimum atomic E-state index is -3.74. The minimum absolute atomic E-state index is 0.0377. The Morgan fingerprint density at radius 3 is 2.62 bits per heavy atom. The van der Waals surface area contributed by atoms with E-state index in [9.17, 15) is 8.42 Å². The molecule has 0 radical (unpaired) electrons. The first kappa shape index (κ1) is 15.8. The van der Waals surface area contributed by atoms with Crippen LogP contribution in [0.15, 0.2) is 27.6 Å². The van der Waals surface area contributed by atoms with E-state index in [0.29, 0.717) is 23.0 Å². The van der Waals surface area contributed by atoms with Crippen molar-refractivity contribution in [3.8, 4) is 5.75 Å². The predicted octanol–water partition coefficient (Wildman–Crippen LogP) is 3.01. The number of aryl methyl sites for hydroxylation is 1. The van der Waals surface area contributed by atoms with Crippen LogP contribution in [-0.2, 0) is 15.7 Å². The third-order valence-corrected chi connectivity index (χ3v) is 4.11. The van der Waals surface area contributed by atoms with Crippen molar-refractivity contribution < 1.29 is 17.7 Å². The molecule has 0 saturated heterocycles. The first-order chi connectivity index (χ1) is 9.77. The van der Waals surface area contributed by atoms with Gasteiger partial charge in [0.1, 0.15) is 5.75 Å². The largest absolute Gasteiger partial charge is 0.485 e. The number of benzene rings is 1. The maximum Gasteiger partial charge on any atom is 0.261 e. The van der Waals surface area contributed by atoms with Gasteiger partial charge in [-0.3, -0.25) is 0 Å². The van der Waals surface area contributed by atoms with Gasteiger partial charge in [-0.1, -0.05) is 19.0 Å². The van der Waals surface area contributed by atoms with Gasteiger partial charge in [0, 0.05) is 16.6 Å². The van der Waals surface area contributed by atoms with E-state index in [1.165, 1.54) is 12.1 Å². The maximum atomic E-state index is 11.2. The zero-order chi connectivity index (χ0) is 15.6. The van der Waals surface area contributed by atoms with Gasteiger partial charge in [-0.2, -0.15) is 4.98 Å². The van der Waals surface area contributed by atoms with Gasteiger partial charge in [0.05, 0.1) is 4.90 Å². The number of rotatable bonds is 5. The van der Waals surface area contributed by atoms with E-state index in [4.69, 9.17) is 19.9 Å². The lowest BCUT2D eigenvalue weighted by molar-refractivity contribution is 0.282. The molecule has 1 aromatic heterocycles. The highest BCUT2D eigenvalue weighted by molar-refractivity contribution is 8.13. The first-order valence-corrected chi connectivity index (χ1v) is 8.59. The molecular formula is C13H15ClN2O4S. The van der Waals surface area contributed by atoms with Gasteiger partial charge in [-0.15, -0.1) is 0 Å². The summed E-state index contributed by atoms with van der Waals surface area (Å²) in [6, 6.07) is 4.39. The van der Waals surface area contributed by atoms with Crippen LogP contribution in [0.3, 0.4) is 0 Å². The van der Waals surface area contributed by atoms with E-state index in [0.717, 1.165) is 0 Å². The van der Waals surface area contributed by atoms with E-state index in [-0.39, 0.29) is 17.4 Å². The Morgan fingerprint density at radius 1 is 1.38 bits per heavy atom. The SMILES string of the molecule is Cc1cc(S(=O)(=O)Cl)ccc1OCc1noc(C(C)C)n1. The average molecular weight is 331 g/mol. The molecule has 0 aliphatic rings. The smallest absolute Gasteiger partial charge is 0.261 e. The van der Waals surface area contributed by atoms with Crippen molar-refractivity contribution in [3.05, 3.63) is 35.5 Å². The first-order valence-electron chi connectivity index (χ1n) is 6.28. The molecule has 8 heteroatoms. The van der Waals surface area contributed by atoms with Gasteiger partial charge in [-0.05, 0) is 30.7 Å². The van der Waals surface area contributed by atoms with Gasteiger partial charge < -0.3 is 9.26 Å². The summed E-state index contributed by atoms with van der Waals surface area (Å²) in [5, 5.41) is 3.81. The quantitative estimate of drug-likeness (QED) is 0.784. The fraction of sp³-hybridized carbons (Fsp3) is 0.385. The Kier molecular flexibility index (Phi) is 4.53. The maximum absolute atomic E-state index is 11.2. The van der Waals surface area contributed by atoms with Crippen molar-refractivity contribution in [2.45, 2.75) is 38.2 Å². The summed E-state index contributed by atoms with van der Waals surface area (Å²) in [6.07, 6.45) is 0. The van der Waals surface area contributed by atoms with Crippen molar-refractivity contribution >= 4 is 19.7 Å². The number of aromatic nitrogens is 2. The molecule has 0 N–H and O–H groups in total. The molecule has 1 aromatic carbocycles. The second-order valence-electron chi connectivity index (χ2n) is 4.86. The molecule has 6 nitrogen and oxygen atoms in total. The van der Waals surface area contributed by atoms with Crippen LogP contribution in [-0.4, -0.2) is 18.6 Å². The number of ether oxygens (including phenoxy) is 1. The van der Waals surface area contributed by atoms with Crippen LogP contribution in [0.25, 0.3) is 0 Å². The second-order valence-corrected chi connectivity index (χ2v) is 7.42. The lowest BCUT2D eigenvalue weighted by atomic mass is 10.2. The van der Waals surface area contributed by atoms with Crippen LogP contribution in [0.5, 0.6) is 5.75 Å². The van der Waals surface area contributed by atoms with Crippen molar-refractivity contribution in [3.63, 3.8) is 0 Å². The lowest BCUT2D eigenvalue weighted by Gasteiger charge is -2.07. The number of halogens is 1. The Morgan fingerprint density at radius 2 is 2.10 bits per heavy atom. The van der Waals surface area contributed by atoms with Gasteiger partial charge in [0.25, 0.3) is 9.05 Å². The highest BCUT2D eigenvalue weighted by Gasteiger charge is 2.13. The zero-order valence-electron chi connectivity index (χ0n) is 11.8. The topological polar surface area (TPSA) is 82.3 Å². The van der Waals surface area contributed by atoms with Gasteiger partial charge in [0.15, 0.2) is 6.61 Å². The Balaban J connectivity index is 2.09. The monoisotopic (exact) mass is 330 g/mol. The van der Waals surface area contributed by atoms with E-state index >= 15 is 0 Å². The number of hydrogen-bond acceptors (Lipinski definition) is 6. The molecule has 0 aliphatic carbocycles. The fourth-order valence-corrected chi connectivity index (χ4v) is 2.47. The van der Waals surface area contributed by atoms with Gasteiger partial charge in [-0.25, -0.2) is 8.42 Å². The molecule has 0 unspecified atom stereocenters. The predicted molar refractivity (Wildman–Crippen MR) is 76.9 cm³/mol. The van der Waals surface area contributed by atoms with Crippen molar-refractivity contribution in [1.29, 1.82) is 0 Å². The van der Waals surface area contributed by atoms with Crippen LogP contribution in [0.1, 0.15) is 37.0 Å². The highest BCUT2D eigenvalue weighted by atomic mass is 35.7. The molecule has 0 saturated carbocycles. The summed E-state index contributed by atoms with van der Waals surface area (Å²) < 4.78 is 33.1. The minimum Gasteiger partial charge on any atom is -0.485 e. The Labute approximate surface area is 127 Å². The highest BCUT2D eigenvalue weighted by Crippen LogP contribution is 2.24. The van der Waals surface area contributed by atoms with Crippen molar-refractivity contribution in [2.24, 2.45) is 0 Å². The third-order valence-electron chi connectivity index (χ3n) is 2.76. The molecule has 1 heterocycles. The zero-order valence-corrected chi connectivity index (χ0v) is 13.4. The van der Waals surface area contributed by atoms with Crippen LogP contribution < -0.4 is 4.74 Å². The van der Waals surface area contributed by atoms with E-state index < -0.39 is 9.05 Å². The van der Waals surface area contributed by atoms with Crippen LogP contribution in [0, 0.1) is 6.92 Å². The summed E-state index contributed by atoms with van der Waals surface area (Å²) in [5.41, 5.74) is 0.657. The molecule has 0 atom stereocenters. The standard InChI is InChI=1S/C13H15ClN2O4S/c1-8(2)13-15-12(16-20-13)7-19-11-5-4-10(6-9(11)3)21(14,17)18/h4-6,8H,7H2,1-3H3. The van der Waals surface area contributed by atoms with Crippen molar-refractivity contribution in [1.82, 2.24) is 10.1 Å². The molecule has 2 rings (SSSR count). The third kappa shape index (κ3) is 3.95. The lowest BCUT2D eigenvalue weighted by Crippen LogP contribution is -2.00. The van der Waals surface area contributed by atoms with E-state index in [1.54, 1.807) is 13.0 Å². The molecule has 21 heavy (non-hydrogen) atoms. The van der Waals surface area contributed by atoms with Crippen LogP contribution in [0.2, 0.25) is 0 Å². The summed E-state index contributed by atoms with van der Waals surface area (Å²) >= 11 is 0. The molecule has 0 fully saturated rings. The Bertz CT molecular complexity index is 740. The summed E-state index contributed by atoms with van der Waals surface area (Å²) in [6.45, 7) is 5.78. The van der Waals surface area contributed by atoms with E-state index in [1.807, 2.05) is 13.8 Å². The Hall–Kier alpha value is -1.60. The number of hydrogen-bond donors (Lipinski definition) is 0. The fourth-order valence-electron chi connectivity index (χ4n) is 1.64. The molecule has 114 valence electrons. The number of nitrogens with zero attached hydrogens (tertiary/aromatic N) is 2. The van der Waals surface area contributed by atoms with Gasteiger partial charge >= 0.3 is 0 Å². The molecular weight excluding hydrogens is 316 g/mol. The molecule has 0 aliphatic heterocycles. The molecule has 0 bridgehead atoms. The van der Waals surface area contributed by atoms with Gasteiger partial charge in [0.2, 0.25) is 11.7 Å². The molecule has 0 spiro atoms. The van der Waals surface area contributed by atoms with Crippen LogP contribution in [0.4, 0.5) is 0 Å². The summed E-state index contributed by atoms with van der Waals surface area (Å²) in [7, 11) is 1.55.